The van der Waals surface area contributed by atoms with E-state index in [2.05, 4.69) is 10.6 Å². The van der Waals surface area contributed by atoms with Crippen LogP contribution in [-0.2, 0) is 14.4 Å². The molecule has 140 valence electrons. The molecule has 0 aromatic heterocycles. The van der Waals surface area contributed by atoms with Gasteiger partial charge in [-0.1, -0.05) is 19.3 Å². The van der Waals surface area contributed by atoms with Crippen molar-refractivity contribution in [1.29, 1.82) is 0 Å². The summed E-state index contributed by atoms with van der Waals surface area (Å²) in [6.45, 7) is 1.71. The molecule has 3 aliphatic carbocycles. The van der Waals surface area contributed by atoms with Gasteiger partial charge in [-0.25, -0.2) is 0 Å². The number of nitrogens with two attached hydrogens (primary N) is 1. The lowest BCUT2D eigenvalue weighted by Crippen LogP contribution is -2.53. The van der Waals surface area contributed by atoms with Gasteiger partial charge in [0.15, 0.2) is 0 Å². The van der Waals surface area contributed by atoms with Gasteiger partial charge >= 0.3 is 0 Å². The highest BCUT2D eigenvalue weighted by Gasteiger charge is 2.50. The summed E-state index contributed by atoms with van der Waals surface area (Å²) in [6.07, 6.45) is 9.44. The third-order valence-corrected chi connectivity index (χ3v) is 6.52. The summed E-state index contributed by atoms with van der Waals surface area (Å²) in [5, 5.41) is 5.82. The summed E-state index contributed by atoms with van der Waals surface area (Å²) in [7, 11) is 0. The number of fused-ring (bicyclic) bond motifs is 2. The molecule has 0 heterocycles. The van der Waals surface area contributed by atoms with Crippen LogP contribution in [0.2, 0.25) is 0 Å². The fourth-order valence-electron chi connectivity index (χ4n) is 5.22. The molecule has 6 heteroatoms. The van der Waals surface area contributed by atoms with Gasteiger partial charge in [-0.05, 0) is 56.8 Å². The maximum Gasteiger partial charge on any atom is 0.242 e. The van der Waals surface area contributed by atoms with Crippen LogP contribution in [0.3, 0.4) is 0 Å². The van der Waals surface area contributed by atoms with E-state index < -0.39 is 6.04 Å². The zero-order valence-electron chi connectivity index (χ0n) is 15.1. The number of nitrogens with one attached hydrogen (secondary N) is 2. The van der Waals surface area contributed by atoms with E-state index >= 15 is 0 Å². The van der Waals surface area contributed by atoms with Crippen molar-refractivity contribution in [3.63, 3.8) is 0 Å². The molecule has 5 unspecified atom stereocenters. The van der Waals surface area contributed by atoms with Gasteiger partial charge in [0.1, 0.15) is 6.04 Å². The summed E-state index contributed by atoms with van der Waals surface area (Å²) in [6, 6.07) is -0.745. The highest BCUT2D eigenvalue weighted by molar-refractivity contribution is 5.88. The normalized spacial score (nSPS) is 33.0. The molecule has 5 atom stereocenters. The van der Waals surface area contributed by atoms with E-state index in [0.717, 1.165) is 32.1 Å². The molecular formula is C19H31N3O3. The molecule has 25 heavy (non-hydrogen) atoms. The quantitative estimate of drug-likeness (QED) is 0.677. The van der Waals surface area contributed by atoms with Crippen LogP contribution < -0.4 is 16.4 Å². The number of rotatable bonds is 6. The van der Waals surface area contributed by atoms with Gasteiger partial charge in [0.05, 0.1) is 5.92 Å². The summed E-state index contributed by atoms with van der Waals surface area (Å²) in [4.78, 5) is 36.4. The Balaban J connectivity index is 1.48. The monoisotopic (exact) mass is 349 g/mol. The van der Waals surface area contributed by atoms with Crippen LogP contribution in [0.1, 0.15) is 64.7 Å². The van der Waals surface area contributed by atoms with Gasteiger partial charge in [0.25, 0.3) is 0 Å². The number of primary amides is 1. The van der Waals surface area contributed by atoms with E-state index in [9.17, 15) is 14.4 Å². The molecule has 6 nitrogen and oxygen atoms in total. The standard InChI is InChI=1S/C19H31N3O3/c1-11(21-15(23)9-12-5-3-2-4-6-12)19(25)22-17-14-8-7-13(10-14)16(17)18(20)24/h11-14,16-17H,2-10H2,1H3,(H2,20,24)(H,21,23)(H,22,25). The van der Waals surface area contributed by atoms with Crippen molar-refractivity contribution in [3.8, 4) is 0 Å². The Kier molecular flexibility index (Phi) is 5.64. The third kappa shape index (κ3) is 4.15. The van der Waals surface area contributed by atoms with E-state index in [0.29, 0.717) is 24.2 Å². The number of carbonyl (C=O) groups is 3. The Morgan fingerprint density at radius 1 is 1.04 bits per heavy atom. The number of hydrogen-bond donors (Lipinski definition) is 3. The molecule has 3 fully saturated rings. The SMILES string of the molecule is CC(NC(=O)CC1CCCCC1)C(=O)NC1C2CCC(C2)C1C(N)=O. The van der Waals surface area contributed by atoms with Crippen LogP contribution in [0.25, 0.3) is 0 Å². The average Bonchev–Trinajstić information content (AvgIpc) is 3.16. The molecule has 3 amide bonds. The van der Waals surface area contributed by atoms with Gasteiger partial charge in [-0.15, -0.1) is 0 Å². The second kappa shape index (κ2) is 7.75. The van der Waals surface area contributed by atoms with Crippen LogP contribution in [0.4, 0.5) is 0 Å². The summed E-state index contributed by atoms with van der Waals surface area (Å²) in [5.74, 6) is 0.281. The maximum absolute atomic E-state index is 12.5. The molecule has 0 spiro atoms. The molecule has 2 bridgehead atoms. The van der Waals surface area contributed by atoms with Crippen LogP contribution in [-0.4, -0.2) is 29.8 Å². The van der Waals surface area contributed by atoms with E-state index in [1.54, 1.807) is 6.92 Å². The largest absolute Gasteiger partial charge is 0.369 e. The second-order valence-corrected chi connectivity index (χ2v) is 8.29. The second-order valence-electron chi connectivity index (χ2n) is 8.29. The van der Waals surface area contributed by atoms with E-state index in [1.807, 2.05) is 0 Å². The van der Waals surface area contributed by atoms with Gasteiger partial charge in [0.2, 0.25) is 17.7 Å². The third-order valence-electron chi connectivity index (χ3n) is 6.52. The minimum absolute atomic E-state index is 0.0473. The fourth-order valence-corrected chi connectivity index (χ4v) is 5.22. The van der Waals surface area contributed by atoms with E-state index in [4.69, 9.17) is 5.73 Å². The Morgan fingerprint density at radius 3 is 2.40 bits per heavy atom. The van der Waals surface area contributed by atoms with Gasteiger partial charge < -0.3 is 16.4 Å². The van der Waals surface area contributed by atoms with Crippen molar-refractivity contribution in [1.82, 2.24) is 10.6 Å². The van der Waals surface area contributed by atoms with E-state index in [1.165, 1.54) is 19.3 Å². The molecule has 0 aliphatic heterocycles. The molecule has 4 N–H and O–H groups in total. The van der Waals surface area contributed by atoms with Crippen LogP contribution in [0.15, 0.2) is 0 Å². The number of hydrogen-bond acceptors (Lipinski definition) is 3. The predicted octanol–water partition coefficient (Wildman–Crippen LogP) is 1.48. The zero-order chi connectivity index (χ0) is 18.0. The van der Waals surface area contributed by atoms with E-state index in [-0.39, 0.29) is 29.7 Å². The van der Waals surface area contributed by atoms with Crippen molar-refractivity contribution in [3.05, 3.63) is 0 Å². The first-order valence-electron chi connectivity index (χ1n) is 9.84. The highest BCUT2D eigenvalue weighted by Crippen LogP contribution is 2.48. The molecule has 3 aliphatic rings. The lowest BCUT2D eigenvalue weighted by atomic mass is 9.84. The predicted molar refractivity (Wildman–Crippen MR) is 94.2 cm³/mol. The van der Waals surface area contributed by atoms with Crippen molar-refractivity contribution in [2.45, 2.75) is 76.8 Å². The molecular weight excluding hydrogens is 318 g/mol. The fraction of sp³-hybridized carbons (Fsp3) is 0.842. The van der Waals surface area contributed by atoms with Crippen LogP contribution in [0, 0.1) is 23.7 Å². The summed E-state index contributed by atoms with van der Waals surface area (Å²) in [5.41, 5.74) is 5.55. The molecule has 0 aromatic rings. The van der Waals surface area contributed by atoms with Crippen molar-refractivity contribution in [2.75, 3.05) is 0 Å². The zero-order valence-corrected chi connectivity index (χ0v) is 15.1. The minimum atomic E-state index is -0.580. The Labute approximate surface area is 149 Å². The molecule has 0 radical (unpaired) electrons. The highest BCUT2D eigenvalue weighted by atomic mass is 16.2. The first kappa shape index (κ1) is 18.2. The molecule has 0 aromatic carbocycles. The van der Waals surface area contributed by atoms with Gasteiger partial charge in [0, 0.05) is 12.5 Å². The lowest BCUT2D eigenvalue weighted by Gasteiger charge is -2.30. The first-order chi connectivity index (χ1) is 12.0. The smallest absolute Gasteiger partial charge is 0.242 e. The molecule has 3 rings (SSSR count). The van der Waals surface area contributed by atoms with Crippen molar-refractivity contribution >= 4 is 17.7 Å². The van der Waals surface area contributed by atoms with Crippen molar-refractivity contribution in [2.24, 2.45) is 29.4 Å². The maximum atomic E-state index is 12.5. The van der Waals surface area contributed by atoms with Gasteiger partial charge in [-0.3, -0.25) is 14.4 Å². The lowest BCUT2D eigenvalue weighted by molar-refractivity contribution is -0.131. The summed E-state index contributed by atoms with van der Waals surface area (Å²) < 4.78 is 0. The summed E-state index contributed by atoms with van der Waals surface area (Å²) >= 11 is 0. The van der Waals surface area contributed by atoms with Crippen molar-refractivity contribution < 1.29 is 14.4 Å². The average molecular weight is 349 g/mol. The Morgan fingerprint density at radius 2 is 1.72 bits per heavy atom. The van der Waals surface area contributed by atoms with Crippen LogP contribution in [0.5, 0.6) is 0 Å². The Bertz CT molecular complexity index is 530. The number of carbonyl (C=O) groups excluding carboxylic acids is 3. The molecule has 3 saturated carbocycles. The van der Waals surface area contributed by atoms with Crippen LogP contribution >= 0.6 is 0 Å². The first-order valence-corrected chi connectivity index (χ1v) is 9.84. The van der Waals surface area contributed by atoms with Gasteiger partial charge in [-0.2, -0.15) is 0 Å². The Hall–Kier alpha value is -1.59. The molecule has 0 saturated heterocycles. The minimum Gasteiger partial charge on any atom is -0.369 e. The topological polar surface area (TPSA) is 101 Å². The number of amides is 3.